The average molecular weight is 269 g/mol. The summed E-state index contributed by atoms with van der Waals surface area (Å²) in [5.41, 5.74) is -0.0195. The number of H-pyrrole nitrogens is 1. The third-order valence-corrected chi connectivity index (χ3v) is 2.77. The molecular weight excluding hydrogens is 259 g/mol. The van der Waals surface area contributed by atoms with E-state index in [0.29, 0.717) is 0 Å². The highest BCUT2D eigenvalue weighted by Gasteiger charge is 2.12. The molecule has 0 aliphatic rings. The van der Waals surface area contributed by atoms with Crippen LogP contribution in [0.15, 0.2) is 33.9 Å². The van der Waals surface area contributed by atoms with E-state index in [1.807, 2.05) is 19.1 Å². The van der Waals surface area contributed by atoms with E-state index in [0.717, 1.165) is 15.7 Å². The van der Waals surface area contributed by atoms with Crippen LogP contribution in [0, 0.1) is 12.7 Å². The summed E-state index contributed by atoms with van der Waals surface area (Å²) in [6, 6.07) is 7.26. The van der Waals surface area contributed by atoms with Gasteiger partial charge in [0.05, 0.1) is 6.54 Å². The quantitative estimate of drug-likeness (QED) is 0.843. The molecule has 1 N–H and O–H groups in total. The Morgan fingerprint density at radius 1 is 1.39 bits per heavy atom. The first kappa shape index (κ1) is 12.6. The maximum absolute atomic E-state index is 13.3. The van der Waals surface area contributed by atoms with Crippen molar-refractivity contribution in [2.75, 3.05) is 0 Å². The van der Waals surface area contributed by atoms with Gasteiger partial charge in [0, 0.05) is 0 Å². The highest BCUT2D eigenvalue weighted by atomic mass is 35.5. The van der Waals surface area contributed by atoms with E-state index in [2.05, 4.69) is 4.98 Å². The molecule has 0 atom stereocenters. The number of aromatic nitrogens is 2. The van der Waals surface area contributed by atoms with Crippen LogP contribution >= 0.6 is 11.6 Å². The molecule has 0 bridgehead atoms. The van der Waals surface area contributed by atoms with E-state index in [1.54, 1.807) is 12.1 Å². The van der Waals surface area contributed by atoms with Crippen LogP contribution in [-0.4, -0.2) is 9.55 Å². The Morgan fingerprint density at radius 3 is 2.78 bits per heavy atom. The molecule has 1 aromatic heterocycles. The number of aromatic amines is 1. The lowest BCUT2D eigenvalue weighted by Crippen LogP contribution is -2.37. The summed E-state index contributed by atoms with van der Waals surface area (Å²) in [6.45, 7) is 1.89. The van der Waals surface area contributed by atoms with E-state index in [9.17, 15) is 14.0 Å². The van der Waals surface area contributed by atoms with E-state index in [1.165, 1.54) is 0 Å². The van der Waals surface area contributed by atoms with Gasteiger partial charge >= 0.3 is 5.69 Å². The second kappa shape index (κ2) is 4.78. The topological polar surface area (TPSA) is 54.9 Å². The predicted octanol–water partition coefficient (Wildman–Crippen LogP) is 1.69. The van der Waals surface area contributed by atoms with Gasteiger partial charge in [-0.2, -0.15) is 4.39 Å². The molecule has 0 unspecified atom stereocenters. The fraction of sp³-hybridized carbons (Fsp3) is 0.167. The number of nitrogens with one attached hydrogen (secondary N) is 1. The Bertz CT molecular complexity index is 706. The molecule has 4 nitrogen and oxygen atoms in total. The monoisotopic (exact) mass is 268 g/mol. The first-order valence-electron chi connectivity index (χ1n) is 5.22. The molecule has 0 spiro atoms. The van der Waals surface area contributed by atoms with Crippen molar-refractivity contribution in [3.05, 3.63) is 67.2 Å². The molecule has 1 aromatic carbocycles. The van der Waals surface area contributed by atoms with Crippen LogP contribution in [0.3, 0.4) is 0 Å². The summed E-state index contributed by atoms with van der Waals surface area (Å²) in [4.78, 5) is 25.2. The number of hydrogen-bond acceptors (Lipinski definition) is 2. The van der Waals surface area contributed by atoms with Crippen molar-refractivity contribution in [2.45, 2.75) is 13.5 Å². The highest BCUT2D eigenvalue weighted by Crippen LogP contribution is 2.06. The summed E-state index contributed by atoms with van der Waals surface area (Å²) in [7, 11) is 0. The summed E-state index contributed by atoms with van der Waals surface area (Å²) in [6.07, 6.45) is 0. The van der Waals surface area contributed by atoms with Gasteiger partial charge in [0.15, 0.2) is 5.15 Å². The Morgan fingerprint density at radius 2 is 2.11 bits per heavy atom. The highest BCUT2D eigenvalue weighted by molar-refractivity contribution is 6.29. The third kappa shape index (κ3) is 2.36. The van der Waals surface area contributed by atoms with Gasteiger partial charge in [-0.15, -0.1) is 0 Å². The van der Waals surface area contributed by atoms with E-state index in [-0.39, 0.29) is 6.54 Å². The minimum absolute atomic E-state index is 0.00390. The van der Waals surface area contributed by atoms with Crippen molar-refractivity contribution in [2.24, 2.45) is 0 Å². The van der Waals surface area contributed by atoms with Crippen LogP contribution in [-0.2, 0) is 6.54 Å². The van der Waals surface area contributed by atoms with Crippen LogP contribution in [0.2, 0.25) is 5.15 Å². The zero-order valence-electron chi connectivity index (χ0n) is 9.54. The molecule has 0 saturated heterocycles. The summed E-state index contributed by atoms with van der Waals surface area (Å²) >= 11 is 5.38. The maximum atomic E-state index is 13.3. The van der Waals surface area contributed by atoms with Crippen molar-refractivity contribution in [3.63, 3.8) is 0 Å². The van der Waals surface area contributed by atoms with E-state index < -0.39 is 22.2 Å². The number of nitrogens with zero attached hydrogens (tertiary/aromatic N) is 1. The lowest BCUT2D eigenvalue weighted by Gasteiger charge is -2.06. The molecule has 0 aliphatic heterocycles. The molecule has 0 fully saturated rings. The molecule has 2 rings (SSSR count). The number of aryl methyl sites for hydroxylation is 1. The lowest BCUT2D eigenvalue weighted by atomic mass is 10.1. The Labute approximate surface area is 107 Å². The second-order valence-electron chi connectivity index (χ2n) is 3.94. The van der Waals surface area contributed by atoms with Gasteiger partial charge in [-0.25, -0.2) is 4.79 Å². The normalized spacial score (nSPS) is 10.6. The molecule has 1 heterocycles. The van der Waals surface area contributed by atoms with E-state index >= 15 is 0 Å². The van der Waals surface area contributed by atoms with Gasteiger partial charge < -0.3 is 0 Å². The molecule has 0 radical (unpaired) electrons. The van der Waals surface area contributed by atoms with Crippen LogP contribution in [0.1, 0.15) is 11.1 Å². The van der Waals surface area contributed by atoms with Crippen LogP contribution in [0.4, 0.5) is 4.39 Å². The van der Waals surface area contributed by atoms with E-state index in [4.69, 9.17) is 11.6 Å². The zero-order chi connectivity index (χ0) is 13.3. The van der Waals surface area contributed by atoms with Crippen molar-refractivity contribution in [1.29, 1.82) is 0 Å². The van der Waals surface area contributed by atoms with Gasteiger partial charge in [-0.05, 0) is 12.5 Å². The molecule has 6 heteroatoms. The summed E-state index contributed by atoms with van der Waals surface area (Å²) < 4.78 is 14.1. The van der Waals surface area contributed by atoms with Crippen molar-refractivity contribution >= 4 is 11.6 Å². The summed E-state index contributed by atoms with van der Waals surface area (Å²) in [5, 5.41) is -0.564. The Kier molecular flexibility index (Phi) is 3.34. The third-order valence-electron chi connectivity index (χ3n) is 2.51. The number of halogens is 2. The molecule has 94 valence electrons. The largest absolute Gasteiger partial charge is 0.329 e. The smallest absolute Gasteiger partial charge is 0.295 e. The van der Waals surface area contributed by atoms with Crippen LogP contribution < -0.4 is 11.2 Å². The van der Waals surface area contributed by atoms with Crippen LogP contribution in [0.25, 0.3) is 0 Å². The Balaban J connectivity index is 2.51. The van der Waals surface area contributed by atoms with Gasteiger partial charge in [-0.1, -0.05) is 41.4 Å². The first-order valence-corrected chi connectivity index (χ1v) is 5.60. The molecule has 0 saturated carbocycles. The zero-order valence-corrected chi connectivity index (χ0v) is 10.3. The fourth-order valence-corrected chi connectivity index (χ4v) is 1.82. The lowest BCUT2D eigenvalue weighted by molar-refractivity contribution is 0.558. The van der Waals surface area contributed by atoms with Crippen LogP contribution in [0.5, 0.6) is 0 Å². The maximum Gasteiger partial charge on any atom is 0.329 e. The molecule has 2 aromatic rings. The van der Waals surface area contributed by atoms with Crippen molar-refractivity contribution in [3.8, 4) is 0 Å². The van der Waals surface area contributed by atoms with Crippen molar-refractivity contribution in [1.82, 2.24) is 9.55 Å². The molecule has 0 amide bonds. The fourth-order valence-electron chi connectivity index (χ4n) is 1.66. The van der Waals surface area contributed by atoms with Gasteiger partial charge in [0.2, 0.25) is 5.82 Å². The Hall–Kier alpha value is -1.88. The minimum Gasteiger partial charge on any atom is -0.295 e. The van der Waals surface area contributed by atoms with Gasteiger partial charge in [0.25, 0.3) is 5.56 Å². The van der Waals surface area contributed by atoms with Gasteiger partial charge in [-0.3, -0.25) is 14.3 Å². The molecule has 18 heavy (non-hydrogen) atoms. The number of hydrogen-bond donors (Lipinski definition) is 1. The average Bonchev–Trinajstić information content (AvgIpc) is 2.32. The standard InChI is InChI=1S/C12H10ClFN2O2/c1-7-3-2-4-8(5-7)6-16-11(17)9(14)10(13)15-12(16)18/h2-5H,6H2,1H3,(H,15,18). The second-order valence-corrected chi connectivity index (χ2v) is 4.32. The minimum atomic E-state index is -1.15. The van der Waals surface area contributed by atoms with Crippen molar-refractivity contribution < 1.29 is 4.39 Å². The molecule has 0 aliphatic carbocycles. The predicted molar refractivity (Wildman–Crippen MR) is 66.6 cm³/mol. The molecular formula is C12H10ClFN2O2. The van der Waals surface area contributed by atoms with Gasteiger partial charge in [0.1, 0.15) is 0 Å². The first-order chi connectivity index (χ1) is 8.49. The number of rotatable bonds is 2. The SMILES string of the molecule is Cc1cccc(Cn2c(=O)[nH]c(Cl)c(F)c2=O)c1. The number of benzene rings is 1. The summed E-state index contributed by atoms with van der Waals surface area (Å²) in [5.74, 6) is -1.15.